The third-order valence-electron chi connectivity index (χ3n) is 3.95. The van der Waals surface area contributed by atoms with Crippen molar-refractivity contribution in [2.24, 2.45) is 0 Å². The van der Waals surface area contributed by atoms with Crippen molar-refractivity contribution in [3.63, 3.8) is 0 Å². The van der Waals surface area contributed by atoms with Gasteiger partial charge in [-0.2, -0.15) is 0 Å². The number of nitrogens with zero attached hydrogens (tertiary/aromatic N) is 1. The summed E-state index contributed by atoms with van der Waals surface area (Å²) in [6, 6.07) is 7.40. The Hall–Kier alpha value is -2.90. The van der Waals surface area contributed by atoms with E-state index < -0.39 is 36.0 Å². The number of hydrogen-bond acceptors (Lipinski definition) is 4. The number of rotatable bonds is 5. The summed E-state index contributed by atoms with van der Waals surface area (Å²) in [5.74, 6) is -1.24. The summed E-state index contributed by atoms with van der Waals surface area (Å²) >= 11 is 0. The second kappa shape index (κ2) is 7.33. The van der Waals surface area contributed by atoms with E-state index in [0.717, 1.165) is 4.90 Å². The van der Waals surface area contributed by atoms with Crippen LogP contribution in [0.15, 0.2) is 30.3 Å². The van der Waals surface area contributed by atoms with Gasteiger partial charge in [-0.1, -0.05) is 37.3 Å². The molecule has 0 spiro atoms. The molecular weight excluding hydrogens is 324 g/mol. The Balaban J connectivity index is 2.13. The number of nitrogens with one attached hydrogen (secondary N) is 3. The number of imide groups is 2. The number of benzene rings is 1. The fourth-order valence-corrected chi connectivity index (χ4v) is 2.74. The molecule has 1 aromatic carbocycles. The molecule has 1 fully saturated rings. The Morgan fingerprint density at radius 1 is 1.20 bits per heavy atom. The lowest BCUT2D eigenvalue weighted by Gasteiger charge is -2.25. The van der Waals surface area contributed by atoms with Gasteiger partial charge < -0.3 is 10.6 Å². The summed E-state index contributed by atoms with van der Waals surface area (Å²) < 4.78 is 0. The molecule has 0 radical (unpaired) electrons. The van der Waals surface area contributed by atoms with Gasteiger partial charge in [-0.05, 0) is 25.8 Å². The van der Waals surface area contributed by atoms with E-state index in [1.54, 1.807) is 45.0 Å². The highest BCUT2D eigenvalue weighted by Crippen LogP contribution is 2.32. The number of hydrogen-bond donors (Lipinski definition) is 3. The summed E-state index contributed by atoms with van der Waals surface area (Å²) in [4.78, 5) is 49.4. The zero-order valence-corrected chi connectivity index (χ0v) is 14.5. The maximum absolute atomic E-state index is 12.8. The van der Waals surface area contributed by atoms with Gasteiger partial charge in [-0.25, -0.2) is 9.59 Å². The minimum atomic E-state index is -1.20. The second-order valence-electron chi connectivity index (χ2n) is 6.12. The van der Waals surface area contributed by atoms with Crippen LogP contribution in [0.5, 0.6) is 0 Å². The van der Waals surface area contributed by atoms with Crippen molar-refractivity contribution < 1.29 is 19.2 Å². The van der Waals surface area contributed by atoms with Crippen molar-refractivity contribution in [2.75, 3.05) is 6.54 Å². The number of urea groups is 2. The molecule has 1 aromatic rings. The molecule has 25 heavy (non-hydrogen) atoms. The van der Waals surface area contributed by atoms with E-state index in [9.17, 15) is 19.2 Å². The Morgan fingerprint density at radius 3 is 2.40 bits per heavy atom. The maximum Gasteiger partial charge on any atom is 0.325 e. The van der Waals surface area contributed by atoms with Crippen LogP contribution in [0.4, 0.5) is 9.59 Å². The van der Waals surface area contributed by atoms with Crippen molar-refractivity contribution in [1.29, 1.82) is 0 Å². The molecular formula is C17H22N4O4. The van der Waals surface area contributed by atoms with Gasteiger partial charge in [0, 0.05) is 6.04 Å². The molecule has 1 saturated heterocycles. The van der Waals surface area contributed by atoms with E-state index >= 15 is 0 Å². The largest absolute Gasteiger partial charge is 0.336 e. The summed E-state index contributed by atoms with van der Waals surface area (Å²) in [6.45, 7) is 4.75. The molecule has 1 unspecified atom stereocenters. The number of carbonyl (C=O) groups excluding carboxylic acids is 4. The van der Waals surface area contributed by atoms with Crippen LogP contribution < -0.4 is 16.0 Å². The third kappa shape index (κ3) is 3.78. The standard InChI is InChI=1S/C17H22N4O4/c1-4-17(12-8-6-5-7-9-12)14(23)21(16(25)20-17)10-13(22)19-15(24)18-11(2)3/h5-9,11H,4,10H2,1-3H3,(H,20,25)(H2,18,19,22,24). The van der Waals surface area contributed by atoms with E-state index in [1.807, 2.05) is 6.07 Å². The molecule has 0 aromatic heterocycles. The summed E-state index contributed by atoms with van der Waals surface area (Å²) in [6.07, 6.45) is 0.341. The molecule has 1 aliphatic heterocycles. The average Bonchev–Trinajstić information content (AvgIpc) is 2.80. The SMILES string of the molecule is CCC1(c2ccccc2)NC(=O)N(CC(=O)NC(=O)NC(C)C)C1=O. The quantitative estimate of drug-likeness (QED) is 0.693. The summed E-state index contributed by atoms with van der Waals surface area (Å²) in [5, 5.41) is 7.28. The number of carbonyl (C=O) groups is 4. The van der Waals surface area contributed by atoms with Gasteiger partial charge in [0.1, 0.15) is 12.1 Å². The molecule has 1 heterocycles. The van der Waals surface area contributed by atoms with Gasteiger partial charge in [0.15, 0.2) is 0 Å². The lowest BCUT2D eigenvalue weighted by atomic mass is 9.87. The van der Waals surface area contributed by atoms with Crippen LogP contribution >= 0.6 is 0 Å². The lowest BCUT2D eigenvalue weighted by Crippen LogP contribution is -2.48. The molecule has 1 atom stereocenters. The highest BCUT2D eigenvalue weighted by atomic mass is 16.2. The molecule has 8 nitrogen and oxygen atoms in total. The first-order valence-electron chi connectivity index (χ1n) is 8.10. The van der Waals surface area contributed by atoms with Gasteiger partial charge in [-0.15, -0.1) is 0 Å². The van der Waals surface area contributed by atoms with Crippen LogP contribution in [0.25, 0.3) is 0 Å². The normalized spacial score (nSPS) is 19.8. The molecule has 8 heteroatoms. The van der Waals surface area contributed by atoms with E-state index in [2.05, 4.69) is 16.0 Å². The fraction of sp³-hybridized carbons (Fsp3) is 0.412. The molecule has 134 valence electrons. The monoisotopic (exact) mass is 346 g/mol. The summed E-state index contributed by atoms with van der Waals surface area (Å²) in [5.41, 5.74) is -0.546. The van der Waals surface area contributed by atoms with Crippen molar-refractivity contribution in [3.05, 3.63) is 35.9 Å². The zero-order chi connectivity index (χ0) is 18.6. The van der Waals surface area contributed by atoms with Gasteiger partial charge in [0.05, 0.1) is 0 Å². The minimum Gasteiger partial charge on any atom is -0.336 e. The Morgan fingerprint density at radius 2 is 1.84 bits per heavy atom. The van der Waals surface area contributed by atoms with E-state index in [-0.39, 0.29) is 6.04 Å². The molecule has 3 N–H and O–H groups in total. The predicted octanol–water partition coefficient (Wildman–Crippen LogP) is 1.08. The average molecular weight is 346 g/mol. The van der Waals surface area contributed by atoms with Gasteiger partial charge in [0.2, 0.25) is 5.91 Å². The number of amides is 6. The van der Waals surface area contributed by atoms with Crippen LogP contribution in [-0.4, -0.2) is 41.4 Å². The maximum atomic E-state index is 12.8. The van der Waals surface area contributed by atoms with Crippen LogP contribution in [0, 0.1) is 0 Å². The van der Waals surface area contributed by atoms with Crippen molar-refractivity contribution in [1.82, 2.24) is 20.9 Å². The highest BCUT2D eigenvalue weighted by molar-refractivity contribution is 6.10. The first kappa shape index (κ1) is 18.4. The van der Waals surface area contributed by atoms with Gasteiger partial charge >= 0.3 is 12.1 Å². The third-order valence-corrected chi connectivity index (χ3v) is 3.95. The molecule has 1 aliphatic rings. The van der Waals surface area contributed by atoms with Crippen LogP contribution in [0.3, 0.4) is 0 Å². The Kier molecular flexibility index (Phi) is 5.41. The van der Waals surface area contributed by atoms with Crippen molar-refractivity contribution in [3.8, 4) is 0 Å². The first-order chi connectivity index (χ1) is 11.8. The molecule has 0 aliphatic carbocycles. The second-order valence-corrected chi connectivity index (χ2v) is 6.12. The van der Waals surface area contributed by atoms with Crippen LogP contribution in [0.1, 0.15) is 32.8 Å². The lowest BCUT2D eigenvalue weighted by molar-refractivity contribution is -0.135. The van der Waals surface area contributed by atoms with E-state index in [0.29, 0.717) is 12.0 Å². The smallest absolute Gasteiger partial charge is 0.325 e. The molecule has 0 saturated carbocycles. The van der Waals surface area contributed by atoms with Gasteiger partial charge in [-0.3, -0.25) is 19.8 Å². The topological polar surface area (TPSA) is 108 Å². The van der Waals surface area contributed by atoms with E-state index in [1.165, 1.54) is 0 Å². The van der Waals surface area contributed by atoms with Crippen molar-refractivity contribution >= 4 is 23.9 Å². The molecule has 0 bridgehead atoms. The van der Waals surface area contributed by atoms with Crippen LogP contribution in [0.2, 0.25) is 0 Å². The Bertz CT molecular complexity index is 689. The fourth-order valence-electron chi connectivity index (χ4n) is 2.74. The highest BCUT2D eigenvalue weighted by Gasteiger charge is 2.51. The minimum absolute atomic E-state index is 0.143. The van der Waals surface area contributed by atoms with Crippen LogP contribution in [-0.2, 0) is 15.1 Å². The Labute approximate surface area is 145 Å². The predicted molar refractivity (Wildman–Crippen MR) is 90.5 cm³/mol. The zero-order valence-electron chi connectivity index (χ0n) is 14.5. The summed E-state index contributed by atoms with van der Waals surface area (Å²) in [7, 11) is 0. The molecule has 6 amide bonds. The molecule has 2 rings (SSSR count). The van der Waals surface area contributed by atoms with E-state index in [4.69, 9.17) is 0 Å². The van der Waals surface area contributed by atoms with Crippen molar-refractivity contribution in [2.45, 2.75) is 38.8 Å². The first-order valence-corrected chi connectivity index (χ1v) is 8.10. The van der Waals surface area contributed by atoms with Gasteiger partial charge in [0.25, 0.3) is 5.91 Å².